The average molecular weight is 297 g/mol. The van der Waals surface area contributed by atoms with E-state index in [1.807, 2.05) is 24.3 Å². The normalized spacial score (nSPS) is 18.9. The fraction of sp³-hybridized carbons (Fsp3) is 0.417. The second-order valence-corrected chi connectivity index (χ2v) is 5.72. The second-order valence-electron chi connectivity index (χ2n) is 4.30. The van der Waals surface area contributed by atoms with Crippen LogP contribution < -0.4 is 0 Å². The zero-order chi connectivity index (χ0) is 13.1. The number of ether oxygens (including phenoxy) is 1. The Kier molecular flexibility index (Phi) is 4.00. The first-order valence-electron chi connectivity index (χ1n) is 6.11. The first-order chi connectivity index (χ1) is 9.33. The Morgan fingerprint density at radius 2 is 2.21 bits per heavy atom. The molecule has 0 N–H and O–H groups in total. The van der Waals surface area contributed by atoms with Crippen molar-refractivity contribution in [3.63, 3.8) is 0 Å². The molecule has 1 atom stereocenters. The van der Waals surface area contributed by atoms with E-state index in [0.29, 0.717) is 11.1 Å². The summed E-state index contributed by atoms with van der Waals surface area (Å²) in [6.07, 6.45) is 2.59. The van der Waals surface area contributed by atoms with Crippen molar-refractivity contribution in [1.82, 2.24) is 20.2 Å². The third kappa shape index (κ3) is 3.08. The highest BCUT2D eigenvalue weighted by atomic mass is 35.5. The molecule has 1 fully saturated rings. The van der Waals surface area contributed by atoms with Crippen LogP contribution in [0, 0.1) is 0 Å². The van der Waals surface area contributed by atoms with Crippen LogP contribution in [-0.4, -0.2) is 38.7 Å². The van der Waals surface area contributed by atoms with Crippen LogP contribution in [0.1, 0.15) is 12.8 Å². The molecule has 0 amide bonds. The lowest BCUT2D eigenvalue weighted by Crippen LogP contribution is -2.09. The lowest BCUT2D eigenvalue weighted by Gasteiger charge is -2.08. The molecule has 1 aromatic carbocycles. The molecule has 0 radical (unpaired) electrons. The van der Waals surface area contributed by atoms with Gasteiger partial charge in [-0.05, 0) is 47.5 Å². The summed E-state index contributed by atoms with van der Waals surface area (Å²) in [5.74, 6) is 0.883. The third-order valence-electron chi connectivity index (χ3n) is 2.93. The lowest BCUT2D eigenvalue weighted by atomic mass is 10.3. The summed E-state index contributed by atoms with van der Waals surface area (Å²) in [5.41, 5.74) is 0.907. The molecule has 0 saturated carbocycles. The molecular weight excluding hydrogens is 284 g/mol. The monoisotopic (exact) mass is 296 g/mol. The van der Waals surface area contributed by atoms with Crippen LogP contribution in [0.15, 0.2) is 29.4 Å². The maximum absolute atomic E-state index is 5.88. The number of rotatable bonds is 4. The van der Waals surface area contributed by atoms with Gasteiger partial charge in [-0.2, -0.15) is 4.68 Å². The molecule has 1 aliphatic heterocycles. The van der Waals surface area contributed by atoms with Crippen molar-refractivity contribution in [3.8, 4) is 5.69 Å². The Bertz CT molecular complexity index is 539. The van der Waals surface area contributed by atoms with Gasteiger partial charge in [-0.1, -0.05) is 23.4 Å². The Labute approximate surface area is 120 Å². The molecule has 2 heterocycles. The number of nitrogens with zero attached hydrogens (tertiary/aromatic N) is 4. The van der Waals surface area contributed by atoms with Crippen molar-refractivity contribution in [2.24, 2.45) is 0 Å². The van der Waals surface area contributed by atoms with Gasteiger partial charge in [0.2, 0.25) is 5.16 Å². The van der Waals surface area contributed by atoms with Crippen LogP contribution in [-0.2, 0) is 4.74 Å². The van der Waals surface area contributed by atoms with Crippen LogP contribution in [0.2, 0.25) is 5.02 Å². The van der Waals surface area contributed by atoms with Gasteiger partial charge in [0, 0.05) is 17.4 Å². The number of thioether (sulfide) groups is 1. The molecule has 1 aromatic heterocycles. The van der Waals surface area contributed by atoms with E-state index in [0.717, 1.165) is 36.0 Å². The van der Waals surface area contributed by atoms with Crippen LogP contribution in [0.4, 0.5) is 0 Å². The predicted molar refractivity (Wildman–Crippen MR) is 73.9 cm³/mol. The zero-order valence-electron chi connectivity index (χ0n) is 10.2. The van der Waals surface area contributed by atoms with E-state index < -0.39 is 0 Å². The van der Waals surface area contributed by atoms with E-state index in [9.17, 15) is 0 Å². The SMILES string of the molecule is Clc1ccc(-n2nnnc2SCC2CCCO2)cc1. The highest BCUT2D eigenvalue weighted by molar-refractivity contribution is 7.99. The van der Waals surface area contributed by atoms with Gasteiger partial charge in [0.05, 0.1) is 11.8 Å². The number of tetrazole rings is 1. The van der Waals surface area contributed by atoms with E-state index in [-0.39, 0.29) is 0 Å². The molecule has 0 bridgehead atoms. The first kappa shape index (κ1) is 12.9. The zero-order valence-corrected chi connectivity index (χ0v) is 11.8. The van der Waals surface area contributed by atoms with Gasteiger partial charge < -0.3 is 4.74 Å². The standard InChI is InChI=1S/C12H13ClN4OS/c13-9-3-5-10(6-4-9)17-12(14-15-16-17)19-8-11-2-1-7-18-11/h3-6,11H,1-2,7-8H2. The van der Waals surface area contributed by atoms with E-state index >= 15 is 0 Å². The van der Waals surface area contributed by atoms with Crippen molar-refractivity contribution in [2.75, 3.05) is 12.4 Å². The number of halogens is 1. The quantitative estimate of drug-likeness (QED) is 0.812. The summed E-state index contributed by atoms with van der Waals surface area (Å²) in [4.78, 5) is 0. The molecule has 2 aromatic rings. The van der Waals surface area contributed by atoms with Gasteiger partial charge in [0.1, 0.15) is 0 Å². The summed E-state index contributed by atoms with van der Waals surface area (Å²) in [6.45, 7) is 0.868. The summed E-state index contributed by atoms with van der Waals surface area (Å²) >= 11 is 7.50. The van der Waals surface area contributed by atoms with E-state index in [1.165, 1.54) is 0 Å². The second kappa shape index (κ2) is 5.90. The largest absolute Gasteiger partial charge is 0.377 e. The van der Waals surface area contributed by atoms with Crippen LogP contribution in [0.25, 0.3) is 5.69 Å². The minimum Gasteiger partial charge on any atom is -0.377 e. The van der Waals surface area contributed by atoms with Crippen molar-refractivity contribution >= 4 is 23.4 Å². The van der Waals surface area contributed by atoms with Gasteiger partial charge in [0.15, 0.2) is 0 Å². The molecule has 7 heteroatoms. The third-order valence-corrected chi connectivity index (χ3v) is 4.24. The summed E-state index contributed by atoms with van der Waals surface area (Å²) in [7, 11) is 0. The maximum Gasteiger partial charge on any atom is 0.214 e. The van der Waals surface area contributed by atoms with Crippen LogP contribution >= 0.6 is 23.4 Å². The fourth-order valence-electron chi connectivity index (χ4n) is 1.96. The topological polar surface area (TPSA) is 52.8 Å². The minimum absolute atomic E-state index is 0.320. The van der Waals surface area contributed by atoms with Crippen molar-refractivity contribution < 1.29 is 4.74 Å². The van der Waals surface area contributed by atoms with Gasteiger partial charge in [-0.25, -0.2) is 0 Å². The van der Waals surface area contributed by atoms with Crippen molar-refractivity contribution in [1.29, 1.82) is 0 Å². The predicted octanol–water partition coefficient (Wildman–Crippen LogP) is 2.59. The number of aromatic nitrogens is 4. The van der Waals surface area contributed by atoms with Crippen molar-refractivity contribution in [3.05, 3.63) is 29.3 Å². The lowest BCUT2D eigenvalue weighted by molar-refractivity contribution is 0.129. The highest BCUT2D eigenvalue weighted by Gasteiger charge is 2.18. The Morgan fingerprint density at radius 1 is 1.37 bits per heavy atom. The molecule has 19 heavy (non-hydrogen) atoms. The van der Waals surface area contributed by atoms with E-state index in [2.05, 4.69) is 15.5 Å². The molecule has 3 rings (SSSR count). The van der Waals surface area contributed by atoms with Crippen molar-refractivity contribution in [2.45, 2.75) is 24.1 Å². The molecule has 1 unspecified atom stereocenters. The van der Waals surface area contributed by atoms with E-state index in [1.54, 1.807) is 16.4 Å². The average Bonchev–Trinajstić information content (AvgIpc) is 3.08. The summed E-state index contributed by atoms with van der Waals surface area (Å²) < 4.78 is 7.31. The van der Waals surface area contributed by atoms with Gasteiger partial charge >= 0.3 is 0 Å². The Morgan fingerprint density at radius 3 is 2.95 bits per heavy atom. The van der Waals surface area contributed by atoms with Gasteiger partial charge in [0.25, 0.3) is 0 Å². The maximum atomic E-state index is 5.88. The number of hydrogen-bond acceptors (Lipinski definition) is 5. The van der Waals surface area contributed by atoms with Gasteiger partial charge in [-0.15, -0.1) is 5.10 Å². The molecule has 1 aliphatic rings. The molecule has 1 saturated heterocycles. The molecular formula is C12H13ClN4OS. The number of benzene rings is 1. The molecule has 0 aliphatic carbocycles. The minimum atomic E-state index is 0.320. The highest BCUT2D eigenvalue weighted by Crippen LogP contribution is 2.23. The van der Waals surface area contributed by atoms with E-state index in [4.69, 9.17) is 16.3 Å². The summed E-state index contributed by atoms with van der Waals surface area (Å²) in [5, 5.41) is 13.3. The molecule has 0 spiro atoms. The van der Waals surface area contributed by atoms with Gasteiger partial charge in [-0.3, -0.25) is 0 Å². The Hall–Kier alpha value is -1.11. The number of hydrogen-bond donors (Lipinski definition) is 0. The molecule has 5 nitrogen and oxygen atoms in total. The summed E-state index contributed by atoms with van der Waals surface area (Å²) in [6, 6.07) is 7.45. The smallest absolute Gasteiger partial charge is 0.214 e. The van der Waals surface area contributed by atoms with Crippen LogP contribution in [0.5, 0.6) is 0 Å². The molecule has 100 valence electrons. The Balaban J connectivity index is 1.72. The fourth-order valence-corrected chi connectivity index (χ4v) is 3.04. The first-order valence-corrected chi connectivity index (χ1v) is 7.48. The van der Waals surface area contributed by atoms with Crippen LogP contribution in [0.3, 0.4) is 0 Å².